The monoisotopic (exact) mass is 207 g/mol. The molecule has 0 amide bonds. The van der Waals surface area contributed by atoms with Gasteiger partial charge in [0.1, 0.15) is 0 Å². The average Bonchev–Trinajstić information content (AvgIpc) is 2.36. The second-order valence-corrected chi connectivity index (χ2v) is 5.02. The van der Waals surface area contributed by atoms with Gasteiger partial charge >= 0.3 is 0 Å². The van der Waals surface area contributed by atoms with Crippen LogP contribution >= 0.6 is 11.5 Å². The summed E-state index contributed by atoms with van der Waals surface area (Å²) in [4.78, 5) is 3.60. The molecule has 0 fully saturated rings. The van der Waals surface area contributed by atoms with Crippen molar-refractivity contribution in [3.05, 3.63) is 0 Å². The summed E-state index contributed by atoms with van der Waals surface area (Å²) in [6.45, 7) is 1.78. The van der Waals surface area contributed by atoms with Crippen molar-refractivity contribution in [1.29, 1.82) is 0 Å². The molecule has 0 aliphatic rings. The van der Waals surface area contributed by atoms with E-state index in [1.54, 1.807) is 6.92 Å². The van der Waals surface area contributed by atoms with Crippen LogP contribution in [0.4, 0.5) is 5.13 Å². The Labute approximate surface area is 74.7 Å². The lowest BCUT2D eigenvalue weighted by Gasteiger charge is -1.93. The predicted molar refractivity (Wildman–Crippen MR) is 46.7 cm³/mol. The van der Waals surface area contributed by atoms with Crippen LogP contribution in [-0.4, -0.2) is 23.5 Å². The molecule has 68 valence electrons. The van der Waals surface area contributed by atoms with Crippen molar-refractivity contribution in [1.82, 2.24) is 9.36 Å². The van der Waals surface area contributed by atoms with Crippen molar-refractivity contribution in [2.45, 2.75) is 18.5 Å². The van der Waals surface area contributed by atoms with Gasteiger partial charge in [-0.3, -0.25) is 0 Å². The molecule has 0 saturated carbocycles. The van der Waals surface area contributed by atoms with Crippen LogP contribution in [0.25, 0.3) is 0 Å². The van der Waals surface area contributed by atoms with E-state index in [0.29, 0.717) is 6.42 Å². The van der Waals surface area contributed by atoms with Gasteiger partial charge < -0.3 is 5.73 Å². The van der Waals surface area contributed by atoms with Gasteiger partial charge in [0.05, 0.1) is 5.75 Å². The van der Waals surface area contributed by atoms with Gasteiger partial charge in [-0.05, 0) is 6.42 Å². The van der Waals surface area contributed by atoms with E-state index < -0.39 is 9.84 Å². The highest BCUT2D eigenvalue weighted by Crippen LogP contribution is 2.12. The quantitative estimate of drug-likeness (QED) is 0.770. The van der Waals surface area contributed by atoms with Gasteiger partial charge in [-0.25, -0.2) is 8.42 Å². The molecular formula is C5H9N3O2S2. The van der Waals surface area contributed by atoms with E-state index in [1.807, 2.05) is 0 Å². The smallest absolute Gasteiger partial charge is 0.260 e. The number of hydrogen-bond acceptors (Lipinski definition) is 6. The Balaban J connectivity index is 2.98. The third-order valence-electron chi connectivity index (χ3n) is 1.17. The van der Waals surface area contributed by atoms with Gasteiger partial charge in [0.2, 0.25) is 15.0 Å². The third kappa shape index (κ3) is 1.92. The van der Waals surface area contributed by atoms with Crippen LogP contribution in [-0.2, 0) is 9.84 Å². The van der Waals surface area contributed by atoms with Crippen LogP contribution in [0.15, 0.2) is 5.16 Å². The number of rotatable bonds is 3. The van der Waals surface area contributed by atoms with E-state index in [1.165, 1.54) is 0 Å². The maximum atomic E-state index is 11.3. The first-order valence-corrected chi connectivity index (χ1v) is 5.81. The molecule has 1 aromatic heterocycles. The number of anilines is 1. The van der Waals surface area contributed by atoms with Gasteiger partial charge in [-0.15, -0.1) is 0 Å². The lowest BCUT2D eigenvalue weighted by Crippen LogP contribution is -2.07. The molecule has 0 radical (unpaired) electrons. The largest absolute Gasteiger partial charge is 0.374 e. The Morgan fingerprint density at radius 1 is 1.58 bits per heavy atom. The zero-order valence-corrected chi connectivity index (χ0v) is 8.15. The van der Waals surface area contributed by atoms with Crippen molar-refractivity contribution < 1.29 is 8.42 Å². The van der Waals surface area contributed by atoms with Gasteiger partial charge in [-0.1, -0.05) is 6.92 Å². The van der Waals surface area contributed by atoms with Crippen LogP contribution in [0.3, 0.4) is 0 Å². The second-order valence-electron chi connectivity index (χ2n) is 2.23. The van der Waals surface area contributed by atoms with Crippen molar-refractivity contribution >= 4 is 26.5 Å². The molecule has 2 N–H and O–H groups in total. The number of nitrogen functional groups attached to an aromatic ring is 1. The van der Waals surface area contributed by atoms with Crippen LogP contribution < -0.4 is 5.73 Å². The van der Waals surface area contributed by atoms with Gasteiger partial charge in [0.15, 0.2) is 0 Å². The van der Waals surface area contributed by atoms with Crippen molar-refractivity contribution in [3.63, 3.8) is 0 Å². The Hall–Kier alpha value is -0.690. The molecule has 1 rings (SSSR count). The Kier molecular flexibility index (Phi) is 2.63. The minimum atomic E-state index is -3.28. The van der Waals surface area contributed by atoms with Crippen molar-refractivity contribution in [3.8, 4) is 0 Å². The fourth-order valence-corrected chi connectivity index (χ4v) is 2.63. The van der Waals surface area contributed by atoms with Crippen LogP contribution in [0.1, 0.15) is 13.3 Å². The first-order chi connectivity index (χ1) is 5.56. The molecule has 0 aromatic carbocycles. The van der Waals surface area contributed by atoms with Gasteiger partial charge in [0, 0.05) is 11.5 Å². The van der Waals surface area contributed by atoms with E-state index in [9.17, 15) is 8.42 Å². The lowest BCUT2D eigenvalue weighted by atomic mass is 10.6. The minimum absolute atomic E-state index is 0.0726. The molecule has 1 heterocycles. The molecule has 0 unspecified atom stereocenters. The minimum Gasteiger partial charge on any atom is -0.374 e. The summed E-state index contributed by atoms with van der Waals surface area (Å²) in [7, 11) is -3.28. The number of hydrogen-bond donors (Lipinski definition) is 1. The Morgan fingerprint density at radius 3 is 2.67 bits per heavy atom. The van der Waals surface area contributed by atoms with Gasteiger partial charge in [0.25, 0.3) is 5.16 Å². The number of nitrogens with two attached hydrogens (primary N) is 1. The first-order valence-electron chi connectivity index (χ1n) is 3.38. The molecule has 0 atom stereocenters. The molecule has 5 nitrogen and oxygen atoms in total. The maximum Gasteiger partial charge on any atom is 0.260 e. The summed E-state index contributed by atoms with van der Waals surface area (Å²) in [5.74, 6) is 0.0726. The molecule has 0 aliphatic heterocycles. The highest BCUT2D eigenvalue weighted by atomic mass is 32.2. The summed E-state index contributed by atoms with van der Waals surface area (Å²) in [5.41, 5.74) is 5.25. The van der Waals surface area contributed by atoms with Crippen LogP contribution in [0, 0.1) is 0 Å². The zero-order chi connectivity index (χ0) is 9.19. The zero-order valence-electron chi connectivity index (χ0n) is 6.52. The second kappa shape index (κ2) is 3.36. The molecule has 0 saturated heterocycles. The van der Waals surface area contributed by atoms with E-state index in [-0.39, 0.29) is 16.0 Å². The Bertz CT molecular complexity index is 357. The van der Waals surface area contributed by atoms with Gasteiger partial charge in [-0.2, -0.15) is 9.36 Å². The molecule has 0 aliphatic carbocycles. The summed E-state index contributed by atoms with van der Waals surface area (Å²) >= 11 is 0.895. The summed E-state index contributed by atoms with van der Waals surface area (Å²) in [6.07, 6.45) is 0.557. The molecule has 7 heteroatoms. The maximum absolute atomic E-state index is 11.3. The third-order valence-corrected chi connectivity index (χ3v) is 3.52. The summed E-state index contributed by atoms with van der Waals surface area (Å²) in [5, 5.41) is 0.0385. The van der Waals surface area contributed by atoms with E-state index in [0.717, 1.165) is 11.5 Å². The van der Waals surface area contributed by atoms with E-state index >= 15 is 0 Å². The average molecular weight is 207 g/mol. The van der Waals surface area contributed by atoms with E-state index in [2.05, 4.69) is 9.36 Å². The number of sulfone groups is 1. The molecular weight excluding hydrogens is 198 g/mol. The topological polar surface area (TPSA) is 85.9 Å². The standard InChI is InChI=1S/C5H9N3O2S2/c1-2-3-12(9,10)5-7-4(6)11-8-5/h2-3H2,1H3,(H2,6,7,8). The normalized spacial score (nSPS) is 11.8. The molecule has 12 heavy (non-hydrogen) atoms. The van der Waals surface area contributed by atoms with Crippen LogP contribution in [0.5, 0.6) is 0 Å². The molecule has 1 aromatic rings. The SMILES string of the molecule is CCCS(=O)(=O)c1nsc(N)n1. The highest BCUT2D eigenvalue weighted by molar-refractivity contribution is 7.91. The summed E-state index contributed by atoms with van der Waals surface area (Å²) < 4.78 is 26.2. The fraction of sp³-hybridized carbons (Fsp3) is 0.600. The van der Waals surface area contributed by atoms with E-state index in [4.69, 9.17) is 5.73 Å². The fourth-order valence-electron chi connectivity index (χ4n) is 0.707. The first kappa shape index (κ1) is 9.40. The molecule has 0 bridgehead atoms. The Morgan fingerprint density at radius 2 is 2.25 bits per heavy atom. The van der Waals surface area contributed by atoms with Crippen molar-refractivity contribution in [2.24, 2.45) is 0 Å². The van der Waals surface area contributed by atoms with Crippen molar-refractivity contribution in [2.75, 3.05) is 11.5 Å². The highest BCUT2D eigenvalue weighted by Gasteiger charge is 2.18. The number of aromatic nitrogens is 2. The lowest BCUT2D eigenvalue weighted by molar-refractivity contribution is 0.588. The summed E-state index contributed by atoms with van der Waals surface area (Å²) in [6, 6.07) is 0. The number of nitrogens with zero attached hydrogens (tertiary/aromatic N) is 2. The van der Waals surface area contributed by atoms with Crippen LogP contribution in [0.2, 0.25) is 0 Å². The predicted octanol–water partition coefficient (Wildman–Crippen LogP) is 0.304. The molecule has 0 spiro atoms.